The molecule has 1 aromatic carbocycles. The molecule has 5 heteroatoms. The summed E-state index contributed by atoms with van der Waals surface area (Å²) in [6.45, 7) is 1.66. The lowest BCUT2D eigenvalue weighted by atomic mass is 10.2. The van der Waals surface area contributed by atoms with Crippen LogP contribution in [0.1, 0.15) is 6.42 Å². The minimum Gasteiger partial charge on any atom is -0.384 e. The van der Waals surface area contributed by atoms with Crippen molar-refractivity contribution in [3.8, 4) is 0 Å². The Morgan fingerprint density at radius 1 is 1.20 bits per heavy atom. The van der Waals surface area contributed by atoms with Gasteiger partial charge in [-0.15, -0.1) is 0 Å². The monoisotopic (exact) mass is 273 g/mol. The second kappa shape index (κ2) is 7.45. The molecule has 106 valence electrons. The molecule has 1 amide bonds. The number of rotatable bonds is 7. The van der Waals surface area contributed by atoms with Crippen molar-refractivity contribution in [3.63, 3.8) is 0 Å². The van der Waals surface area contributed by atoms with Gasteiger partial charge in [-0.25, -0.2) is 4.98 Å². The van der Waals surface area contributed by atoms with Gasteiger partial charge in [0.2, 0.25) is 5.91 Å². The molecule has 20 heavy (non-hydrogen) atoms. The highest BCUT2D eigenvalue weighted by Crippen LogP contribution is 2.13. The van der Waals surface area contributed by atoms with Crippen LogP contribution in [0.5, 0.6) is 0 Å². The first-order chi connectivity index (χ1) is 9.79. The van der Waals surface area contributed by atoms with Crippen molar-refractivity contribution in [1.82, 2.24) is 10.3 Å². The van der Waals surface area contributed by atoms with Gasteiger partial charge in [0, 0.05) is 32.0 Å². The lowest BCUT2D eigenvalue weighted by Gasteiger charge is -2.08. The molecule has 0 fully saturated rings. The van der Waals surface area contributed by atoms with E-state index < -0.39 is 0 Å². The van der Waals surface area contributed by atoms with E-state index in [9.17, 15) is 4.79 Å². The number of carbonyl (C=O) groups is 1. The third-order valence-electron chi connectivity index (χ3n) is 2.88. The molecule has 2 rings (SSSR count). The normalized spacial score (nSPS) is 10.4. The van der Waals surface area contributed by atoms with Crippen molar-refractivity contribution in [2.75, 3.05) is 32.1 Å². The molecule has 0 aliphatic rings. The highest BCUT2D eigenvalue weighted by Gasteiger charge is 2.00. The number of methoxy groups -OCH3 is 1. The molecule has 0 aliphatic heterocycles. The van der Waals surface area contributed by atoms with E-state index in [0.717, 1.165) is 16.7 Å². The van der Waals surface area contributed by atoms with E-state index in [1.807, 2.05) is 36.4 Å². The number of hydrogen-bond donors (Lipinski definition) is 2. The lowest BCUT2D eigenvalue weighted by Crippen LogP contribution is -2.29. The second-order valence-corrected chi connectivity index (χ2v) is 4.41. The largest absolute Gasteiger partial charge is 0.384 e. The molecule has 0 radical (unpaired) electrons. The number of amides is 1. The maximum absolute atomic E-state index is 11.4. The molecule has 0 unspecified atom stereocenters. The summed E-state index contributed by atoms with van der Waals surface area (Å²) < 4.78 is 4.84. The number of nitrogens with zero attached hydrogens (tertiary/aromatic N) is 1. The first-order valence-corrected chi connectivity index (χ1v) is 6.65. The Kier molecular flexibility index (Phi) is 5.32. The number of hydrogen-bond acceptors (Lipinski definition) is 4. The van der Waals surface area contributed by atoms with Gasteiger partial charge in [0.05, 0.1) is 12.1 Å². The smallest absolute Gasteiger partial charge is 0.222 e. The second-order valence-electron chi connectivity index (χ2n) is 4.41. The molecule has 0 saturated carbocycles. The molecule has 1 aromatic heterocycles. The fourth-order valence-corrected chi connectivity index (χ4v) is 1.84. The zero-order valence-electron chi connectivity index (χ0n) is 11.6. The van der Waals surface area contributed by atoms with Crippen molar-refractivity contribution in [2.45, 2.75) is 6.42 Å². The molecule has 2 aromatic rings. The lowest BCUT2D eigenvalue weighted by molar-refractivity contribution is -0.121. The summed E-state index contributed by atoms with van der Waals surface area (Å²) in [5, 5.41) is 7.12. The van der Waals surface area contributed by atoms with Crippen LogP contribution in [-0.4, -0.2) is 37.7 Å². The Bertz CT molecular complexity index is 572. The van der Waals surface area contributed by atoms with Gasteiger partial charge < -0.3 is 15.4 Å². The minimum atomic E-state index is 0.000112. The van der Waals surface area contributed by atoms with Crippen molar-refractivity contribution in [1.29, 1.82) is 0 Å². The molecule has 2 N–H and O–H groups in total. The van der Waals surface area contributed by atoms with E-state index in [4.69, 9.17) is 4.74 Å². The summed E-state index contributed by atoms with van der Waals surface area (Å²) in [4.78, 5) is 15.9. The van der Waals surface area contributed by atoms with E-state index in [-0.39, 0.29) is 5.91 Å². The summed E-state index contributed by atoms with van der Waals surface area (Å²) in [5.74, 6) is 0.815. The van der Waals surface area contributed by atoms with Crippen LogP contribution in [-0.2, 0) is 9.53 Å². The van der Waals surface area contributed by atoms with Crippen molar-refractivity contribution >= 4 is 22.6 Å². The third-order valence-corrected chi connectivity index (χ3v) is 2.88. The quantitative estimate of drug-likeness (QED) is 0.755. The zero-order chi connectivity index (χ0) is 14.2. The van der Waals surface area contributed by atoms with Crippen LogP contribution in [0.2, 0.25) is 0 Å². The van der Waals surface area contributed by atoms with Gasteiger partial charge in [0.15, 0.2) is 0 Å². The molecular weight excluding hydrogens is 254 g/mol. The van der Waals surface area contributed by atoms with Crippen LogP contribution < -0.4 is 10.6 Å². The number of fused-ring (bicyclic) bond motifs is 1. The third kappa shape index (κ3) is 4.20. The molecule has 5 nitrogen and oxygen atoms in total. The van der Waals surface area contributed by atoms with Gasteiger partial charge >= 0.3 is 0 Å². The number of anilines is 1. The summed E-state index contributed by atoms with van der Waals surface area (Å²) in [6.07, 6.45) is 0.394. The van der Waals surface area contributed by atoms with Gasteiger partial charge in [-0.1, -0.05) is 18.2 Å². The Morgan fingerprint density at radius 2 is 2.05 bits per heavy atom. The average Bonchev–Trinajstić information content (AvgIpc) is 2.49. The van der Waals surface area contributed by atoms with Crippen LogP contribution in [0.3, 0.4) is 0 Å². The SMILES string of the molecule is COCCC(=O)NCCNc1ccc2ccccc2n1. The average molecular weight is 273 g/mol. The summed E-state index contributed by atoms with van der Waals surface area (Å²) >= 11 is 0. The number of carbonyl (C=O) groups excluding carboxylic acids is 1. The number of aromatic nitrogens is 1. The van der Waals surface area contributed by atoms with Crippen LogP contribution >= 0.6 is 0 Å². The number of nitrogens with one attached hydrogen (secondary N) is 2. The topological polar surface area (TPSA) is 63.2 Å². The predicted molar refractivity (Wildman–Crippen MR) is 79.7 cm³/mol. The predicted octanol–water partition coefficient (Wildman–Crippen LogP) is 1.80. The highest BCUT2D eigenvalue weighted by molar-refractivity contribution is 5.80. The molecule has 0 aliphatic carbocycles. The van der Waals surface area contributed by atoms with Gasteiger partial charge in [-0.05, 0) is 18.2 Å². The molecular formula is C15H19N3O2. The summed E-state index contributed by atoms with van der Waals surface area (Å²) in [7, 11) is 1.58. The Morgan fingerprint density at radius 3 is 2.90 bits per heavy atom. The Labute approximate surface area is 118 Å². The Hall–Kier alpha value is -2.14. The number of ether oxygens (including phenoxy) is 1. The van der Waals surface area contributed by atoms with Crippen molar-refractivity contribution in [2.24, 2.45) is 0 Å². The maximum atomic E-state index is 11.4. The van der Waals surface area contributed by atoms with Crippen LogP contribution in [0.4, 0.5) is 5.82 Å². The van der Waals surface area contributed by atoms with E-state index in [1.54, 1.807) is 7.11 Å². The Balaban J connectivity index is 1.77. The summed E-state index contributed by atoms with van der Waals surface area (Å²) in [6, 6.07) is 11.9. The zero-order valence-corrected chi connectivity index (χ0v) is 11.6. The van der Waals surface area contributed by atoms with Crippen LogP contribution in [0, 0.1) is 0 Å². The molecule has 1 heterocycles. The molecule has 0 saturated heterocycles. The van der Waals surface area contributed by atoms with Crippen molar-refractivity contribution in [3.05, 3.63) is 36.4 Å². The minimum absolute atomic E-state index is 0.000112. The number of para-hydroxylation sites is 1. The van der Waals surface area contributed by atoms with E-state index in [2.05, 4.69) is 15.6 Å². The van der Waals surface area contributed by atoms with Crippen LogP contribution in [0.15, 0.2) is 36.4 Å². The molecule has 0 bridgehead atoms. The van der Waals surface area contributed by atoms with Crippen LogP contribution in [0.25, 0.3) is 10.9 Å². The van der Waals surface area contributed by atoms with E-state index in [1.165, 1.54) is 0 Å². The molecule has 0 atom stereocenters. The van der Waals surface area contributed by atoms with E-state index in [0.29, 0.717) is 26.1 Å². The van der Waals surface area contributed by atoms with Gasteiger partial charge in [-0.3, -0.25) is 4.79 Å². The number of benzene rings is 1. The number of pyridine rings is 1. The standard InChI is InChI=1S/C15H19N3O2/c1-20-11-8-15(19)17-10-9-16-14-7-6-12-4-2-3-5-13(12)18-14/h2-7H,8-11H2,1H3,(H,16,18)(H,17,19). The fourth-order valence-electron chi connectivity index (χ4n) is 1.84. The molecule has 0 spiro atoms. The van der Waals surface area contributed by atoms with Gasteiger partial charge in [0.25, 0.3) is 0 Å². The first-order valence-electron chi connectivity index (χ1n) is 6.65. The van der Waals surface area contributed by atoms with Gasteiger partial charge in [-0.2, -0.15) is 0 Å². The summed E-state index contributed by atoms with van der Waals surface area (Å²) in [5.41, 5.74) is 0.960. The fraction of sp³-hybridized carbons (Fsp3) is 0.333. The first kappa shape index (κ1) is 14.3. The highest BCUT2D eigenvalue weighted by atomic mass is 16.5. The van der Waals surface area contributed by atoms with E-state index >= 15 is 0 Å². The van der Waals surface area contributed by atoms with Crippen molar-refractivity contribution < 1.29 is 9.53 Å². The van der Waals surface area contributed by atoms with Gasteiger partial charge in [0.1, 0.15) is 5.82 Å². The maximum Gasteiger partial charge on any atom is 0.222 e.